The predicted octanol–water partition coefficient (Wildman–Crippen LogP) is 1.49. The first kappa shape index (κ1) is 13.6. The monoisotopic (exact) mass is 278 g/mol. The van der Waals surface area contributed by atoms with Gasteiger partial charge in [-0.2, -0.15) is 0 Å². The van der Waals surface area contributed by atoms with Gasteiger partial charge in [0.05, 0.1) is 31.6 Å². The summed E-state index contributed by atoms with van der Waals surface area (Å²) in [6, 6.07) is 3.93. The lowest BCUT2D eigenvalue weighted by molar-refractivity contribution is -0.157. The maximum absolute atomic E-state index is 11.6. The normalized spacial score (nSPS) is 27.9. The van der Waals surface area contributed by atoms with Crippen LogP contribution in [0, 0.1) is 0 Å². The molecule has 2 fully saturated rings. The third-order valence-corrected chi connectivity index (χ3v) is 4.27. The molecule has 0 saturated carbocycles. The molecule has 1 amide bonds. The Morgan fingerprint density at radius 2 is 2.30 bits per heavy atom. The molecular weight excluding hydrogens is 256 g/mol. The Kier molecular flexibility index (Phi) is 3.81. The van der Waals surface area contributed by atoms with Gasteiger partial charge in [-0.25, -0.2) is 0 Å². The number of carbonyl (C=O) groups excluding carboxylic acids is 1. The molecule has 1 spiro atoms. The van der Waals surface area contributed by atoms with Gasteiger partial charge in [-0.1, -0.05) is 0 Å². The fourth-order valence-electron chi connectivity index (χ4n) is 3.30. The van der Waals surface area contributed by atoms with Gasteiger partial charge in [0.25, 0.3) is 0 Å². The van der Waals surface area contributed by atoms with Crippen LogP contribution in [0.4, 0.5) is 0 Å². The minimum Gasteiger partial charge on any atom is -0.468 e. The second-order valence-corrected chi connectivity index (χ2v) is 5.87. The topological polar surface area (TPSA) is 45.9 Å². The standard InChI is InChI=1S/C15H22N2O3/c1-13(18)17-6-3-5-15(12-17)11-16(7-9-20-15)10-14-4-2-8-19-14/h2,4,8H,3,5-7,9-12H2,1H3. The summed E-state index contributed by atoms with van der Waals surface area (Å²) >= 11 is 0. The molecule has 0 aromatic carbocycles. The first-order valence-corrected chi connectivity index (χ1v) is 7.31. The average molecular weight is 278 g/mol. The molecule has 2 saturated heterocycles. The van der Waals surface area contributed by atoms with E-state index in [1.54, 1.807) is 13.2 Å². The van der Waals surface area contributed by atoms with Gasteiger partial charge in [0.1, 0.15) is 5.76 Å². The minimum absolute atomic E-state index is 0.149. The zero-order valence-electron chi connectivity index (χ0n) is 12.0. The van der Waals surface area contributed by atoms with E-state index >= 15 is 0 Å². The smallest absolute Gasteiger partial charge is 0.219 e. The lowest BCUT2D eigenvalue weighted by atomic mass is 9.90. The highest BCUT2D eigenvalue weighted by molar-refractivity contribution is 5.73. The summed E-state index contributed by atoms with van der Waals surface area (Å²) in [5.74, 6) is 1.14. The van der Waals surface area contributed by atoms with Gasteiger partial charge in [0, 0.05) is 26.6 Å². The number of piperidine rings is 1. The highest BCUT2D eigenvalue weighted by Crippen LogP contribution is 2.29. The molecule has 0 N–H and O–H groups in total. The number of furan rings is 1. The number of morpholine rings is 1. The lowest BCUT2D eigenvalue weighted by Gasteiger charge is -2.47. The summed E-state index contributed by atoms with van der Waals surface area (Å²) in [5, 5.41) is 0. The second-order valence-electron chi connectivity index (χ2n) is 5.87. The van der Waals surface area contributed by atoms with E-state index in [-0.39, 0.29) is 11.5 Å². The number of nitrogens with zero attached hydrogens (tertiary/aromatic N) is 2. The molecule has 1 aromatic rings. The van der Waals surface area contributed by atoms with Crippen LogP contribution in [-0.2, 0) is 16.1 Å². The number of ether oxygens (including phenoxy) is 1. The van der Waals surface area contributed by atoms with Crippen molar-refractivity contribution in [3.8, 4) is 0 Å². The summed E-state index contributed by atoms with van der Waals surface area (Å²) in [6.07, 6.45) is 3.77. The molecule has 1 aromatic heterocycles. The van der Waals surface area contributed by atoms with Gasteiger partial charge in [-0.05, 0) is 25.0 Å². The first-order chi connectivity index (χ1) is 9.67. The van der Waals surface area contributed by atoms with E-state index in [9.17, 15) is 4.79 Å². The Labute approximate surface area is 119 Å². The molecule has 3 heterocycles. The molecule has 3 rings (SSSR count). The number of amides is 1. The van der Waals surface area contributed by atoms with Gasteiger partial charge in [-0.3, -0.25) is 9.69 Å². The van der Waals surface area contributed by atoms with Gasteiger partial charge < -0.3 is 14.1 Å². The Bertz CT molecular complexity index is 456. The van der Waals surface area contributed by atoms with Gasteiger partial charge in [0.15, 0.2) is 0 Å². The molecule has 0 bridgehead atoms. The lowest BCUT2D eigenvalue weighted by Crippen LogP contribution is -2.60. The number of likely N-dealkylation sites (tertiary alicyclic amines) is 1. The summed E-state index contributed by atoms with van der Waals surface area (Å²) < 4.78 is 11.5. The van der Waals surface area contributed by atoms with E-state index in [0.29, 0.717) is 0 Å². The molecule has 0 aliphatic carbocycles. The van der Waals surface area contributed by atoms with Crippen LogP contribution in [0.1, 0.15) is 25.5 Å². The Hall–Kier alpha value is -1.33. The van der Waals surface area contributed by atoms with Crippen molar-refractivity contribution in [2.45, 2.75) is 31.9 Å². The summed E-state index contributed by atoms with van der Waals surface area (Å²) in [4.78, 5) is 15.9. The van der Waals surface area contributed by atoms with Crippen molar-refractivity contribution in [1.29, 1.82) is 0 Å². The number of hydrogen-bond donors (Lipinski definition) is 0. The molecule has 20 heavy (non-hydrogen) atoms. The van der Waals surface area contributed by atoms with Crippen LogP contribution in [-0.4, -0.2) is 54.1 Å². The van der Waals surface area contributed by atoms with Crippen LogP contribution < -0.4 is 0 Å². The van der Waals surface area contributed by atoms with Crippen LogP contribution in [0.15, 0.2) is 22.8 Å². The molecule has 5 nitrogen and oxygen atoms in total. The maximum Gasteiger partial charge on any atom is 0.219 e. The van der Waals surface area contributed by atoms with Crippen LogP contribution in [0.25, 0.3) is 0 Å². The predicted molar refractivity (Wildman–Crippen MR) is 74.2 cm³/mol. The minimum atomic E-state index is -0.186. The fourth-order valence-corrected chi connectivity index (χ4v) is 3.30. The number of carbonyl (C=O) groups is 1. The largest absolute Gasteiger partial charge is 0.468 e. The highest BCUT2D eigenvalue weighted by atomic mass is 16.5. The van der Waals surface area contributed by atoms with Gasteiger partial charge in [-0.15, -0.1) is 0 Å². The number of rotatable bonds is 2. The van der Waals surface area contributed by atoms with Crippen molar-refractivity contribution in [1.82, 2.24) is 9.80 Å². The molecule has 5 heteroatoms. The second kappa shape index (κ2) is 5.58. The van der Waals surface area contributed by atoms with E-state index < -0.39 is 0 Å². The molecule has 1 unspecified atom stereocenters. The Balaban J connectivity index is 1.65. The molecule has 2 aliphatic rings. The van der Waals surface area contributed by atoms with E-state index in [0.717, 1.165) is 57.9 Å². The molecule has 0 radical (unpaired) electrons. The van der Waals surface area contributed by atoms with E-state index in [1.807, 2.05) is 17.0 Å². The van der Waals surface area contributed by atoms with Crippen molar-refractivity contribution < 1.29 is 13.9 Å². The third-order valence-electron chi connectivity index (χ3n) is 4.27. The Morgan fingerprint density at radius 3 is 3.05 bits per heavy atom. The van der Waals surface area contributed by atoms with E-state index in [1.165, 1.54) is 0 Å². The number of hydrogen-bond acceptors (Lipinski definition) is 4. The van der Waals surface area contributed by atoms with Crippen LogP contribution in [0.5, 0.6) is 0 Å². The molecule has 110 valence electrons. The molecule has 1 atom stereocenters. The molecular formula is C15H22N2O3. The SMILES string of the molecule is CC(=O)N1CCCC2(CN(Cc3ccco3)CCO2)C1. The highest BCUT2D eigenvalue weighted by Gasteiger charge is 2.41. The summed E-state index contributed by atoms with van der Waals surface area (Å²) in [6.45, 7) is 6.56. The third kappa shape index (κ3) is 2.88. The maximum atomic E-state index is 11.6. The van der Waals surface area contributed by atoms with E-state index in [2.05, 4.69) is 4.90 Å². The van der Waals surface area contributed by atoms with E-state index in [4.69, 9.17) is 9.15 Å². The quantitative estimate of drug-likeness (QED) is 0.822. The fraction of sp³-hybridized carbons (Fsp3) is 0.667. The zero-order valence-corrected chi connectivity index (χ0v) is 12.0. The van der Waals surface area contributed by atoms with Crippen LogP contribution in [0.2, 0.25) is 0 Å². The van der Waals surface area contributed by atoms with Crippen molar-refractivity contribution in [3.05, 3.63) is 24.2 Å². The van der Waals surface area contributed by atoms with Crippen molar-refractivity contribution in [2.24, 2.45) is 0 Å². The average Bonchev–Trinajstić information content (AvgIpc) is 2.92. The van der Waals surface area contributed by atoms with Gasteiger partial charge in [0.2, 0.25) is 5.91 Å². The van der Waals surface area contributed by atoms with Crippen molar-refractivity contribution in [3.63, 3.8) is 0 Å². The summed E-state index contributed by atoms with van der Waals surface area (Å²) in [7, 11) is 0. The van der Waals surface area contributed by atoms with Crippen molar-refractivity contribution >= 4 is 5.91 Å². The zero-order chi connectivity index (χ0) is 14.0. The van der Waals surface area contributed by atoms with Gasteiger partial charge >= 0.3 is 0 Å². The first-order valence-electron chi connectivity index (χ1n) is 7.31. The van der Waals surface area contributed by atoms with Crippen molar-refractivity contribution in [2.75, 3.05) is 32.8 Å². The Morgan fingerprint density at radius 1 is 1.40 bits per heavy atom. The van der Waals surface area contributed by atoms with Crippen LogP contribution >= 0.6 is 0 Å². The van der Waals surface area contributed by atoms with Crippen LogP contribution in [0.3, 0.4) is 0 Å². The molecule has 2 aliphatic heterocycles. The summed E-state index contributed by atoms with van der Waals surface area (Å²) in [5.41, 5.74) is -0.186.